The molecule has 0 saturated carbocycles. The van der Waals surface area contributed by atoms with Crippen molar-refractivity contribution < 1.29 is 0 Å². The Bertz CT molecular complexity index is 432. The number of aromatic nitrogens is 1. The number of anilines is 1. The van der Waals surface area contributed by atoms with Crippen molar-refractivity contribution in [2.45, 2.75) is 45.6 Å². The van der Waals surface area contributed by atoms with Crippen LogP contribution < -0.4 is 4.90 Å². The first-order chi connectivity index (χ1) is 8.22. The number of pyridine rings is 1. The highest BCUT2D eigenvalue weighted by molar-refractivity contribution is 5.44. The minimum atomic E-state index is 0.385. The lowest BCUT2D eigenvalue weighted by Gasteiger charge is -2.27. The van der Waals surface area contributed by atoms with Gasteiger partial charge in [-0.25, -0.2) is 4.98 Å². The Morgan fingerprint density at radius 1 is 1.41 bits per heavy atom. The van der Waals surface area contributed by atoms with Gasteiger partial charge in [0.15, 0.2) is 0 Å². The molecule has 0 N–H and O–H groups in total. The van der Waals surface area contributed by atoms with Gasteiger partial charge in [0.05, 0.1) is 12.5 Å². The summed E-state index contributed by atoms with van der Waals surface area (Å²) >= 11 is 0. The Morgan fingerprint density at radius 3 is 2.94 bits per heavy atom. The van der Waals surface area contributed by atoms with Crippen molar-refractivity contribution in [2.75, 3.05) is 11.4 Å². The van der Waals surface area contributed by atoms with E-state index in [1.165, 1.54) is 24.1 Å². The highest BCUT2D eigenvalue weighted by atomic mass is 15.2. The van der Waals surface area contributed by atoms with Gasteiger partial charge >= 0.3 is 0 Å². The molecular formula is C14H19N3. The van der Waals surface area contributed by atoms with Crippen LogP contribution >= 0.6 is 0 Å². The molecule has 0 bridgehead atoms. The van der Waals surface area contributed by atoms with E-state index in [1.807, 2.05) is 0 Å². The molecular weight excluding hydrogens is 210 g/mol. The average molecular weight is 229 g/mol. The fourth-order valence-corrected chi connectivity index (χ4v) is 2.38. The molecule has 0 fully saturated rings. The van der Waals surface area contributed by atoms with Crippen LogP contribution in [0.25, 0.3) is 0 Å². The van der Waals surface area contributed by atoms with E-state index in [4.69, 9.17) is 10.2 Å². The predicted octanol–water partition coefficient (Wildman–Crippen LogP) is 2.70. The zero-order valence-corrected chi connectivity index (χ0v) is 10.6. The largest absolute Gasteiger partial charge is 0.353 e. The molecule has 1 heterocycles. The number of nitrogens with zero attached hydrogens (tertiary/aromatic N) is 3. The summed E-state index contributed by atoms with van der Waals surface area (Å²) in [7, 11) is 0. The lowest BCUT2D eigenvalue weighted by Crippen LogP contribution is -2.32. The van der Waals surface area contributed by atoms with Crippen LogP contribution in [0.3, 0.4) is 0 Å². The highest BCUT2D eigenvalue weighted by Gasteiger charge is 2.16. The van der Waals surface area contributed by atoms with Gasteiger partial charge in [-0.3, -0.25) is 0 Å². The number of hydrogen-bond donors (Lipinski definition) is 0. The second-order valence-corrected chi connectivity index (χ2v) is 4.82. The van der Waals surface area contributed by atoms with E-state index in [0.717, 1.165) is 18.8 Å². The molecule has 3 nitrogen and oxygen atoms in total. The molecule has 0 radical (unpaired) electrons. The molecule has 1 aromatic heterocycles. The summed E-state index contributed by atoms with van der Waals surface area (Å²) in [4.78, 5) is 6.95. The minimum Gasteiger partial charge on any atom is -0.353 e. The van der Waals surface area contributed by atoms with Gasteiger partial charge in [0.25, 0.3) is 0 Å². The smallest absolute Gasteiger partial charge is 0.129 e. The van der Waals surface area contributed by atoms with E-state index in [9.17, 15) is 0 Å². The Kier molecular flexibility index (Phi) is 3.63. The van der Waals surface area contributed by atoms with Gasteiger partial charge in [0.2, 0.25) is 0 Å². The van der Waals surface area contributed by atoms with Gasteiger partial charge in [0.1, 0.15) is 5.82 Å². The lowest BCUT2D eigenvalue weighted by atomic mass is 10.2. The average Bonchev–Trinajstić information content (AvgIpc) is 2.76. The van der Waals surface area contributed by atoms with Crippen LogP contribution in [0.5, 0.6) is 0 Å². The van der Waals surface area contributed by atoms with Gasteiger partial charge in [-0.05, 0) is 44.7 Å². The molecule has 17 heavy (non-hydrogen) atoms. The van der Waals surface area contributed by atoms with Gasteiger partial charge in [-0.1, -0.05) is 6.07 Å². The Labute approximate surface area is 103 Å². The lowest BCUT2D eigenvalue weighted by molar-refractivity contribution is 0.675. The summed E-state index contributed by atoms with van der Waals surface area (Å²) in [6.07, 6.45) is 4.05. The third-order valence-electron chi connectivity index (χ3n) is 3.30. The number of fused-ring (bicyclic) bond motifs is 1. The van der Waals surface area contributed by atoms with Crippen molar-refractivity contribution in [3.63, 3.8) is 0 Å². The number of hydrogen-bond acceptors (Lipinski definition) is 3. The monoisotopic (exact) mass is 229 g/mol. The zero-order chi connectivity index (χ0) is 12.3. The van der Waals surface area contributed by atoms with Crippen LogP contribution in [0.15, 0.2) is 12.1 Å². The van der Waals surface area contributed by atoms with E-state index in [1.54, 1.807) is 0 Å². The SMILES string of the molecule is CC(C)N(CCC#N)c1ccc2c(n1)CCC2. The Hall–Kier alpha value is -1.56. The van der Waals surface area contributed by atoms with Crippen molar-refractivity contribution in [3.05, 3.63) is 23.4 Å². The van der Waals surface area contributed by atoms with Crippen LogP contribution in [0.2, 0.25) is 0 Å². The van der Waals surface area contributed by atoms with E-state index >= 15 is 0 Å². The van der Waals surface area contributed by atoms with Gasteiger partial charge in [-0.15, -0.1) is 0 Å². The fourth-order valence-electron chi connectivity index (χ4n) is 2.38. The number of aryl methyl sites for hydroxylation is 2. The molecule has 0 aliphatic heterocycles. The van der Waals surface area contributed by atoms with E-state index < -0.39 is 0 Å². The van der Waals surface area contributed by atoms with Crippen molar-refractivity contribution in [1.82, 2.24) is 4.98 Å². The molecule has 0 spiro atoms. The third kappa shape index (κ3) is 2.58. The summed E-state index contributed by atoms with van der Waals surface area (Å²) in [5.41, 5.74) is 2.66. The molecule has 1 aliphatic carbocycles. The van der Waals surface area contributed by atoms with Crippen molar-refractivity contribution in [1.29, 1.82) is 5.26 Å². The van der Waals surface area contributed by atoms with E-state index in [0.29, 0.717) is 12.5 Å². The maximum absolute atomic E-state index is 8.70. The summed E-state index contributed by atoms with van der Waals surface area (Å²) in [5, 5.41) is 8.70. The van der Waals surface area contributed by atoms with Crippen LogP contribution in [-0.4, -0.2) is 17.6 Å². The van der Waals surface area contributed by atoms with Gasteiger partial charge in [0, 0.05) is 18.3 Å². The van der Waals surface area contributed by atoms with Crippen LogP contribution in [0.1, 0.15) is 37.9 Å². The number of rotatable bonds is 4. The summed E-state index contributed by atoms with van der Waals surface area (Å²) < 4.78 is 0. The summed E-state index contributed by atoms with van der Waals surface area (Å²) in [6.45, 7) is 5.05. The van der Waals surface area contributed by atoms with Crippen molar-refractivity contribution in [2.24, 2.45) is 0 Å². The molecule has 2 rings (SSSR count). The molecule has 0 atom stereocenters. The highest BCUT2D eigenvalue weighted by Crippen LogP contribution is 2.24. The summed E-state index contributed by atoms with van der Waals surface area (Å²) in [6, 6.07) is 6.89. The second-order valence-electron chi connectivity index (χ2n) is 4.82. The van der Waals surface area contributed by atoms with Gasteiger partial charge in [-0.2, -0.15) is 5.26 Å². The Balaban J connectivity index is 2.21. The first-order valence-electron chi connectivity index (χ1n) is 6.34. The van der Waals surface area contributed by atoms with Crippen LogP contribution in [0.4, 0.5) is 5.82 Å². The minimum absolute atomic E-state index is 0.385. The quantitative estimate of drug-likeness (QED) is 0.797. The second kappa shape index (κ2) is 5.18. The normalized spacial score (nSPS) is 13.5. The fraction of sp³-hybridized carbons (Fsp3) is 0.571. The summed E-state index contributed by atoms with van der Waals surface area (Å²) in [5.74, 6) is 1.02. The molecule has 3 heteroatoms. The first-order valence-corrected chi connectivity index (χ1v) is 6.34. The molecule has 1 aromatic rings. The molecule has 0 saturated heterocycles. The Morgan fingerprint density at radius 2 is 2.24 bits per heavy atom. The standard InChI is InChI=1S/C14H19N3/c1-11(2)17(10-4-9-15)14-8-7-12-5-3-6-13(12)16-14/h7-8,11H,3-6,10H2,1-2H3. The molecule has 0 aromatic carbocycles. The van der Waals surface area contributed by atoms with Crippen molar-refractivity contribution >= 4 is 5.82 Å². The zero-order valence-electron chi connectivity index (χ0n) is 10.6. The van der Waals surface area contributed by atoms with Crippen LogP contribution in [-0.2, 0) is 12.8 Å². The number of nitriles is 1. The first kappa shape index (κ1) is 11.9. The maximum atomic E-state index is 8.70. The molecule has 1 aliphatic rings. The molecule has 90 valence electrons. The maximum Gasteiger partial charge on any atom is 0.129 e. The van der Waals surface area contributed by atoms with E-state index in [-0.39, 0.29) is 0 Å². The molecule has 0 unspecified atom stereocenters. The van der Waals surface area contributed by atoms with Gasteiger partial charge < -0.3 is 4.90 Å². The third-order valence-corrected chi connectivity index (χ3v) is 3.30. The van der Waals surface area contributed by atoms with Crippen LogP contribution in [0, 0.1) is 11.3 Å². The van der Waals surface area contributed by atoms with Crippen molar-refractivity contribution in [3.8, 4) is 6.07 Å². The molecule has 0 amide bonds. The van der Waals surface area contributed by atoms with E-state index in [2.05, 4.69) is 36.9 Å². The topological polar surface area (TPSA) is 39.9 Å². The predicted molar refractivity (Wildman–Crippen MR) is 69.0 cm³/mol.